The number of likely N-dealkylation sites (tertiary alicyclic amines) is 1. The Morgan fingerprint density at radius 1 is 1.28 bits per heavy atom. The quantitative estimate of drug-likeness (QED) is 0.829. The Balaban J connectivity index is 1.47. The molecule has 1 saturated heterocycles. The van der Waals surface area contributed by atoms with Crippen LogP contribution in [0.1, 0.15) is 26.3 Å². The van der Waals surface area contributed by atoms with Gasteiger partial charge in [-0.2, -0.15) is 13.2 Å². The van der Waals surface area contributed by atoms with Crippen LogP contribution in [0.4, 0.5) is 18.0 Å². The summed E-state index contributed by atoms with van der Waals surface area (Å²) >= 11 is 0. The molecule has 1 aliphatic heterocycles. The van der Waals surface area contributed by atoms with Crippen molar-refractivity contribution in [3.8, 4) is 5.88 Å². The second kappa shape index (κ2) is 6.07. The second-order valence-corrected chi connectivity index (χ2v) is 7.57. The largest absolute Gasteiger partial charge is 0.477 e. The molecule has 25 heavy (non-hydrogen) atoms. The van der Waals surface area contributed by atoms with Crippen molar-refractivity contribution in [1.82, 2.24) is 9.88 Å². The first-order chi connectivity index (χ1) is 11.5. The number of carbonyl (C=O) groups is 1. The Kier molecular flexibility index (Phi) is 4.33. The molecule has 0 N–H and O–H groups in total. The summed E-state index contributed by atoms with van der Waals surface area (Å²) in [6.45, 7) is 6.97. The summed E-state index contributed by atoms with van der Waals surface area (Å²) in [6, 6.07) is 1.82. The molecule has 5 nitrogen and oxygen atoms in total. The summed E-state index contributed by atoms with van der Waals surface area (Å²) in [5.74, 6) is 0.857. The van der Waals surface area contributed by atoms with E-state index in [1.807, 2.05) is 20.8 Å². The maximum atomic E-state index is 12.7. The van der Waals surface area contributed by atoms with Crippen molar-refractivity contribution in [2.45, 2.75) is 32.5 Å². The molecular formula is C17H21F3N2O3. The van der Waals surface area contributed by atoms with Gasteiger partial charge in [0, 0.05) is 31.3 Å². The first-order valence-corrected chi connectivity index (χ1v) is 8.18. The van der Waals surface area contributed by atoms with Crippen LogP contribution >= 0.6 is 0 Å². The lowest BCUT2D eigenvalue weighted by atomic mass is 10.2. The summed E-state index contributed by atoms with van der Waals surface area (Å²) in [7, 11) is 0. The number of rotatable bonds is 3. The Morgan fingerprint density at radius 3 is 2.48 bits per heavy atom. The van der Waals surface area contributed by atoms with Crippen LogP contribution in [0.2, 0.25) is 0 Å². The van der Waals surface area contributed by atoms with Gasteiger partial charge in [-0.15, -0.1) is 0 Å². The van der Waals surface area contributed by atoms with Gasteiger partial charge < -0.3 is 14.4 Å². The molecule has 2 fully saturated rings. The van der Waals surface area contributed by atoms with Crippen LogP contribution in [-0.4, -0.2) is 41.3 Å². The number of nitrogens with zero attached hydrogens (tertiary/aromatic N) is 2. The molecule has 1 saturated carbocycles. The zero-order valence-electron chi connectivity index (χ0n) is 14.3. The predicted molar refractivity (Wildman–Crippen MR) is 83.0 cm³/mol. The molecule has 0 aromatic carbocycles. The van der Waals surface area contributed by atoms with Crippen molar-refractivity contribution in [2.24, 2.45) is 17.8 Å². The van der Waals surface area contributed by atoms with Gasteiger partial charge >= 0.3 is 12.3 Å². The van der Waals surface area contributed by atoms with Gasteiger partial charge in [-0.1, -0.05) is 0 Å². The average Bonchev–Trinajstić information content (AvgIpc) is 2.93. The van der Waals surface area contributed by atoms with Gasteiger partial charge in [0.2, 0.25) is 5.88 Å². The third-order valence-electron chi connectivity index (χ3n) is 4.51. The maximum Gasteiger partial charge on any atom is 0.416 e. The number of aromatic nitrogens is 1. The van der Waals surface area contributed by atoms with Crippen LogP contribution in [-0.2, 0) is 10.9 Å². The van der Waals surface area contributed by atoms with E-state index in [9.17, 15) is 18.0 Å². The highest BCUT2D eigenvalue weighted by atomic mass is 19.4. The van der Waals surface area contributed by atoms with Crippen LogP contribution in [0.5, 0.6) is 5.88 Å². The van der Waals surface area contributed by atoms with E-state index in [1.54, 1.807) is 4.90 Å². The molecule has 2 atom stereocenters. The van der Waals surface area contributed by atoms with Gasteiger partial charge in [0.15, 0.2) is 0 Å². The van der Waals surface area contributed by atoms with Crippen molar-refractivity contribution < 1.29 is 27.4 Å². The molecule has 1 aromatic rings. The van der Waals surface area contributed by atoms with Gasteiger partial charge in [0.05, 0.1) is 12.2 Å². The highest BCUT2D eigenvalue weighted by molar-refractivity contribution is 5.69. The Bertz CT molecular complexity index is 645. The number of carbonyl (C=O) groups excluding carboxylic acids is 1. The van der Waals surface area contributed by atoms with E-state index in [0.717, 1.165) is 18.3 Å². The Labute approximate surface area is 144 Å². The number of hydrogen-bond acceptors (Lipinski definition) is 4. The number of pyridine rings is 1. The zero-order valence-corrected chi connectivity index (χ0v) is 14.3. The average molecular weight is 358 g/mol. The molecule has 0 radical (unpaired) electrons. The number of fused-ring (bicyclic) bond motifs is 1. The minimum absolute atomic E-state index is 0.0243. The lowest BCUT2D eigenvalue weighted by Crippen LogP contribution is -2.37. The number of hydrogen-bond donors (Lipinski definition) is 0. The molecule has 1 aromatic heterocycles. The van der Waals surface area contributed by atoms with Crippen LogP contribution in [0.3, 0.4) is 0 Å². The first-order valence-electron chi connectivity index (χ1n) is 8.18. The molecule has 0 spiro atoms. The van der Waals surface area contributed by atoms with Crippen molar-refractivity contribution in [1.29, 1.82) is 0 Å². The molecule has 0 bridgehead atoms. The zero-order chi connectivity index (χ0) is 18.4. The summed E-state index contributed by atoms with van der Waals surface area (Å²) in [4.78, 5) is 17.5. The van der Waals surface area contributed by atoms with Crippen molar-refractivity contribution >= 4 is 6.09 Å². The van der Waals surface area contributed by atoms with Crippen LogP contribution in [0.25, 0.3) is 0 Å². The number of halogens is 3. The van der Waals surface area contributed by atoms with E-state index in [1.165, 1.54) is 0 Å². The van der Waals surface area contributed by atoms with Gasteiger partial charge in [-0.05, 0) is 38.7 Å². The number of ether oxygens (including phenoxy) is 2. The smallest absolute Gasteiger partial charge is 0.416 e. The van der Waals surface area contributed by atoms with Crippen LogP contribution < -0.4 is 4.74 Å². The lowest BCUT2D eigenvalue weighted by Gasteiger charge is -2.25. The number of piperidine rings is 1. The van der Waals surface area contributed by atoms with Gasteiger partial charge in [-0.3, -0.25) is 0 Å². The van der Waals surface area contributed by atoms with Gasteiger partial charge in [-0.25, -0.2) is 9.78 Å². The SMILES string of the molecule is CC(C)(C)OC(=O)N1CC2C(COc3cc(C(F)(F)F)ccn3)C2C1. The topological polar surface area (TPSA) is 51.7 Å². The molecule has 8 heteroatoms. The third kappa shape index (κ3) is 4.16. The second-order valence-electron chi connectivity index (χ2n) is 7.57. The molecule has 1 amide bonds. The maximum absolute atomic E-state index is 12.7. The summed E-state index contributed by atoms with van der Waals surface area (Å²) < 4.78 is 48.8. The van der Waals surface area contributed by atoms with Crippen molar-refractivity contribution in [3.05, 3.63) is 23.9 Å². The summed E-state index contributed by atoms with van der Waals surface area (Å²) in [5, 5.41) is 0. The summed E-state index contributed by atoms with van der Waals surface area (Å²) in [6.07, 6.45) is -3.64. The van der Waals surface area contributed by atoms with E-state index < -0.39 is 17.3 Å². The van der Waals surface area contributed by atoms with E-state index in [2.05, 4.69) is 4.98 Å². The fraction of sp³-hybridized carbons (Fsp3) is 0.647. The Morgan fingerprint density at radius 2 is 1.92 bits per heavy atom. The predicted octanol–water partition coefficient (Wildman–Crippen LogP) is 3.59. The van der Waals surface area contributed by atoms with Crippen molar-refractivity contribution in [2.75, 3.05) is 19.7 Å². The van der Waals surface area contributed by atoms with Gasteiger partial charge in [0.1, 0.15) is 5.60 Å². The van der Waals surface area contributed by atoms with Gasteiger partial charge in [0.25, 0.3) is 0 Å². The monoisotopic (exact) mass is 358 g/mol. The highest BCUT2D eigenvalue weighted by Gasteiger charge is 2.57. The third-order valence-corrected chi connectivity index (χ3v) is 4.51. The fourth-order valence-electron chi connectivity index (χ4n) is 3.22. The molecule has 138 valence electrons. The van der Waals surface area contributed by atoms with E-state index in [0.29, 0.717) is 31.5 Å². The van der Waals surface area contributed by atoms with Crippen LogP contribution in [0, 0.1) is 17.8 Å². The van der Waals surface area contributed by atoms with Crippen LogP contribution in [0.15, 0.2) is 18.3 Å². The molecule has 2 heterocycles. The normalized spacial score (nSPS) is 25.5. The number of amides is 1. The van der Waals surface area contributed by atoms with E-state index in [-0.39, 0.29) is 17.9 Å². The highest BCUT2D eigenvalue weighted by Crippen LogP contribution is 2.52. The summed E-state index contributed by atoms with van der Waals surface area (Å²) in [5.41, 5.74) is -1.30. The molecule has 2 unspecified atom stereocenters. The Hall–Kier alpha value is -1.99. The minimum Gasteiger partial charge on any atom is -0.477 e. The fourth-order valence-corrected chi connectivity index (χ4v) is 3.22. The lowest BCUT2D eigenvalue weighted by molar-refractivity contribution is -0.137. The number of alkyl halides is 3. The first kappa shape index (κ1) is 17.8. The minimum atomic E-state index is -4.41. The van der Waals surface area contributed by atoms with Crippen molar-refractivity contribution in [3.63, 3.8) is 0 Å². The molecule has 2 aliphatic rings. The van der Waals surface area contributed by atoms with E-state index >= 15 is 0 Å². The molecule has 3 rings (SSSR count). The standard InChI is InChI=1S/C17H21F3N2O3/c1-16(2,3)25-15(23)22-7-11-12(8-22)13(11)9-24-14-6-10(4-5-21-14)17(18,19)20/h4-6,11-13H,7-9H2,1-3H3. The molecule has 1 aliphatic carbocycles. The van der Waals surface area contributed by atoms with E-state index in [4.69, 9.17) is 9.47 Å². The molecular weight excluding hydrogens is 337 g/mol.